The number of allylic oxidation sites excluding steroid dienone is 4. The van der Waals surface area contributed by atoms with Crippen LogP contribution in [0.4, 0.5) is 26.3 Å². The van der Waals surface area contributed by atoms with E-state index in [4.69, 9.17) is 0 Å². The summed E-state index contributed by atoms with van der Waals surface area (Å²) in [5, 5.41) is 0. The molecular formula is C15H12F6. The smallest absolute Gasteiger partial charge is 0.166 e. The Hall–Kier alpha value is -1.72. The molecule has 1 unspecified atom stereocenters. The zero-order valence-corrected chi connectivity index (χ0v) is 11.0. The molecule has 0 nitrogen and oxygen atoms in total. The summed E-state index contributed by atoms with van der Waals surface area (Å²) < 4.78 is 76.6. The lowest BCUT2D eigenvalue weighted by Crippen LogP contribution is -2.13. The molecule has 0 saturated carbocycles. The molecule has 0 aliphatic heterocycles. The highest BCUT2D eigenvalue weighted by Crippen LogP contribution is 2.39. The fourth-order valence-electron chi connectivity index (χ4n) is 2.17. The second-order valence-electron chi connectivity index (χ2n) is 4.99. The molecule has 0 spiro atoms. The van der Waals surface area contributed by atoms with Crippen LogP contribution in [0.1, 0.15) is 36.0 Å². The van der Waals surface area contributed by atoms with Gasteiger partial charge in [0.2, 0.25) is 0 Å². The average Bonchev–Trinajstić information content (AvgIpc) is 2.37. The van der Waals surface area contributed by atoms with Gasteiger partial charge in [0.1, 0.15) is 0 Å². The van der Waals surface area contributed by atoms with Gasteiger partial charge in [0.15, 0.2) is 0 Å². The number of hydrogen-bond donors (Lipinski definition) is 0. The maximum Gasteiger partial charge on any atom is 0.416 e. The molecule has 1 aliphatic carbocycles. The number of hydrogen-bond acceptors (Lipinski definition) is 0. The van der Waals surface area contributed by atoms with Crippen LogP contribution in [-0.4, -0.2) is 0 Å². The van der Waals surface area contributed by atoms with Crippen molar-refractivity contribution in [2.24, 2.45) is 0 Å². The van der Waals surface area contributed by atoms with Crippen LogP contribution in [-0.2, 0) is 12.4 Å². The Morgan fingerprint density at radius 2 is 1.43 bits per heavy atom. The molecular weight excluding hydrogens is 294 g/mol. The van der Waals surface area contributed by atoms with Gasteiger partial charge in [-0.1, -0.05) is 23.8 Å². The molecule has 0 fully saturated rings. The monoisotopic (exact) mass is 306 g/mol. The normalized spacial score (nSPS) is 19.6. The first-order valence-electron chi connectivity index (χ1n) is 6.22. The lowest BCUT2D eigenvalue weighted by atomic mass is 9.88. The van der Waals surface area contributed by atoms with E-state index in [1.165, 1.54) is 0 Å². The minimum absolute atomic E-state index is 0.0251. The molecule has 1 aromatic rings. The number of benzene rings is 1. The highest BCUT2D eigenvalue weighted by Gasteiger charge is 2.37. The second-order valence-corrected chi connectivity index (χ2v) is 4.99. The third-order valence-electron chi connectivity index (χ3n) is 3.32. The van der Waals surface area contributed by atoms with Crippen molar-refractivity contribution in [3.63, 3.8) is 0 Å². The molecule has 0 N–H and O–H groups in total. The Bertz CT molecular complexity index is 557. The maximum absolute atomic E-state index is 12.8. The molecule has 1 atom stereocenters. The quantitative estimate of drug-likeness (QED) is 0.583. The lowest BCUT2D eigenvalue weighted by molar-refractivity contribution is -0.143. The van der Waals surface area contributed by atoms with E-state index in [0.29, 0.717) is 6.42 Å². The molecule has 6 heteroatoms. The van der Waals surface area contributed by atoms with E-state index < -0.39 is 29.4 Å². The summed E-state index contributed by atoms with van der Waals surface area (Å²) in [6.07, 6.45) is -4.11. The van der Waals surface area contributed by atoms with Crippen LogP contribution in [0.15, 0.2) is 42.0 Å². The number of halogens is 6. The summed E-state index contributed by atoms with van der Waals surface area (Å²) in [6, 6.07) is 1.73. The summed E-state index contributed by atoms with van der Waals surface area (Å²) >= 11 is 0. The van der Waals surface area contributed by atoms with Crippen LogP contribution < -0.4 is 0 Å². The van der Waals surface area contributed by atoms with E-state index in [-0.39, 0.29) is 11.6 Å². The summed E-state index contributed by atoms with van der Waals surface area (Å²) in [7, 11) is 0. The van der Waals surface area contributed by atoms with Gasteiger partial charge in [-0.3, -0.25) is 0 Å². The second kappa shape index (κ2) is 5.24. The van der Waals surface area contributed by atoms with Gasteiger partial charge in [0.25, 0.3) is 0 Å². The summed E-state index contributed by atoms with van der Waals surface area (Å²) in [5.41, 5.74) is -1.58. The lowest BCUT2D eigenvalue weighted by Gasteiger charge is -2.19. The van der Waals surface area contributed by atoms with Crippen molar-refractivity contribution in [1.82, 2.24) is 0 Å². The fourth-order valence-corrected chi connectivity index (χ4v) is 2.17. The van der Waals surface area contributed by atoms with E-state index in [0.717, 1.165) is 17.7 Å². The molecule has 0 amide bonds. The minimum atomic E-state index is -4.81. The molecule has 0 saturated heterocycles. The third kappa shape index (κ3) is 3.68. The Balaban J connectivity index is 2.49. The van der Waals surface area contributed by atoms with Crippen molar-refractivity contribution in [2.45, 2.75) is 31.6 Å². The fraction of sp³-hybridized carbons (Fsp3) is 0.333. The molecule has 21 heavy (non-hydrogen) atoms. The molecule has 0 bridgehead atoms. The van der Waals surface area contributed by atoms with E-state index in [9.17, 15) is 26.3 Å². The summed E-state index contributed by atoms with van der Waals surface area (Å²) in [6.45, 7) is 1.82. The predicted molar refractivity (Wildman–Crippen MR) is 66.7 cm³/mol. The first-order valence-corrected chi connectivity index (χ1v) is 6.22. The molecule has 0 aromatic heterocycles. The summed E-state index contributed by atoms with van der Waals surface area (Å²) in [5.74, 6) is -0.475. The Morgan fingerprint density at radius 3 is 1.81 bits per heavy atom. The Labute approximate surface area is 117 Å². The van der Waals surface area contributed by atoms with Gasteiger partial charge >= 0.3 is 12.4 Å². The molecule has 2 rings (SSSR count). The van der Waals surface area contributed by atoms with Gasteiger partial charge in [-0.15, -0.1) is 0 Å². The van der Waals surface area contributed by atoms with Gasteiger partial charge in [-0.2, -0.15) is 26.3 Å². The topological polar surface area (TPSA) is 0 Å². The van der Waals surface area contributed by atoms with Crippen molar-refractivity contribution >= 4 is 0 Å². The Kier molecular flexibility index (Phi) is 3.91. The van der Waals surface area contributed by atoms with Gasteiger partial charge in [-0.05, 0) is 37.1 Å². The van der Waals surface area contributed by atoms with Crippen LogP contribution in [0.2, 0.25) is 0 Å². The first kappa shape index (κ1) is 15.7. The average molecular weight is 306 g/mol. The number of alkyl halides is 6. The molecule has 1 aromatic carbocycles. The van der Waals surface area contributed by atoms with E-state index in [1.54, 1.807) is 18.2 Å². The largest absolute Gasteiger partial charge is 0.416 e. The first-order chi connectivity index (χ1) is 9.57. The van der Waals surface area contributed by atoms with E-state index >= 15 is 0 Å². The van der Waals surface area contributed by atoms with Crippen LogP contribution in [0.5, 0.6) is 0 Å². The maximum atomic E-state index is 12.8. The molecule has 0 heterocycles. The van der Waals surface area contributed by atoms with Crippen LogP contribution >= 0.6 is 0 Å². The van der Waals surface area contributed by atoms with Crippen LogP contribution in [0, 0.1) is 0 Å². The highest BCUT2D eigenvalue weighted by molar-refractivity contribution is 5.39. The van der Waals surface area contributed by atoms with Crippen molar-refractivity contribution < 1.29 is 26.3 Å². The zero-order chi connectivity index (χ0) is 15.8. The van der Waals surface area contributed by atoms with Gasteiger partial charge in [-0.25, -0.2) is 0 Å². The van der Waals surface area contributed by atoms with E-state index in [2.05, 4.69) is 0 Å². The van der Waals surface area contributed by atoms with Crippen molar-refractivity contribution in [3.8, 4) is 0 Å². The molecule has 1 aliphatic rings. The van der Waals surface area contributed by atoms with Crippen molar-refractivity contribution in [1.29, 1.82) is 0 Å². The Morgan fingerprint density at radius 1 is 0.905 bits per heavy atom. The van der Waals surface area contributed by atoms with Gasteiger partial charge < -0.3 is 0 Å². The van der Waals surface area contributed by atoms with Gasteiger partial charge in [0.05, 0.1) is 11.1 Å². The SMILES string of the molecule is CC1=CCC(c2cc(C(F)(F)F)cc(C(F)(F)F)c2)C=C1. The van der Waals surface area contributed by atoms with Crippen LogP contribution in [0.25, 0.3) is 0 Å². The highest BCUT2D eigenvalue weighted by atomic mass is 19.4. The molecule has 114 valence electrons. The predicted octanol–water partition coefficient (Wildman–Crippen LogP) is 5.71. The number of rotatable bonds is 1. The van der Waals surface area contributed by atoms with Crippen molar-refractivity contribution in [2.75, 3.05) is 0 Å². The summed E-state index contributed by atoms with van der Waals surface area (Å²) in [4.78, 5) is 0. The molecule has 0 radical (unpaired) electrons. The zero-order valence-electron chi connectivity index (χ0n) is 11.0. The van der Waals surface area contributed by atoms with Crippen LogP contribution in [0.3, 0.4) is 0 Å². The minimum Gasteiger partial charge on any atom is -0.166 e. The third-order valence-corrected chi connectivity index (χ3v) is 3.32. The van der Waals surface area contributed by atoms with E-state index in [1.807, 2.05) is 6.92 Å². The standard InChI is InChI=1S/C15H12F6/c1-9-2-4-10(5-3-9)11-6-12(14(16,17)18)8-13(7-11)15(19,20)21/h2-4,6-8,10H,5H2,1H3. The van der Waals surface area contributed by atoms with Gasteiger partial charge in [0, 0.05) is 5.92 Å². The van der Waals surface area contributed by atoms with Crippen molar-refractivity contribution in [3.05, 3.63) is 58.7 Å².